The lowest BCUT2D eigenvalue weighted by Gasteiger charge is -2.19. The van der Waals surface area contributed by atoms with Crippen LogP contribution in [0, 0.1) is 25.2 Å². The van der Waals surface area contributed by atoms with Gasteiger partial charge in [-0.25, -0.2) is 0 Å². The largest absolute Gasteiger partial charge is 0.328 e. The van der Waals surface area contributed by atoms with Gasteiger partial charge in [-0.2, -0.15) is 5.26 Å². The molecule has 4 rings (SSSR count). The van der Waals surface area contributed by atoms with E-state index >= 15 is 0 Å². The zero-order chi connectivity index (χ0) is 22.1. The van der Waals surface area contributed by atoms with Crippen molar-refractivity contribution in [3.63, 3.8) is 0 Å². The van der Waals surface area contributed by atoms with E-state index in [2.05, 4.69) is 16.3 Å². The summed E-state index contributed by atoms with van der Waals surface area (Å²) in [5.74, 6) is 1.18. The van der Waals surface area contributed by atoms with Crippen molar-refractivity contribution in [3.05, 3.63) is 71.3 Å². The molecular formula is C23H22N6OS. The normalized spacial score (nSPS) is 12.7. The number of fused-ring (bicyclic) bond motifs is 1. The molecule has 0 atom stereocenters. The Morgan fingerprint density at radius 3 is 2.32 bits per heavy atom. The molecule has 0 N–H and O–H groups in total. The van der Waals surface area contributed by atoms with Gasteiger partial charge in [-0.05, 0) is 43.7 Å². The zero-order valence-electron chi connectivity index (χ0n) is 17.8. The Labute approximate surface area is 185 Å². The second-order valence-electron chi connectivity index (χ2n) is 7.33. The first-order valence-electron chi connectivity index (χ1n) is 9.78. The van der Waals surface area contributed by atoms with E-state index in [0.717, 1.165) is 28.5 Å². The Kier molecular flexibility index (Phi) is 5.53. The Hall–Kier alpha value is -3.57. The summed E-state index contributed by atoms with van der Waals surface area (Å²) in [5.41, 5.74) is 4.13. The molecule has 31 heavy (non-hydrogen) atoms. The van der Waals surface area contributed by atoms with Crippen LogP contribution in [0.25, 0.3) is 5.69 Å². The van der Waals surface area contributed by atoms with Gasteiger partial charge in [0.25, 0.3) is 0 Å². The molecule has 1 aromatic heterocycles. The Morgan fingerprint density at radius 1 is 1.03 bits per heavy atom. The molecule has 1 aliphatic rings. The number of allylic oxidation sites excluding steroid dienone is 1. The number of hydrogen-bond donors (Lipinski definition) is 0. The number of para-hydroxylation sites is 2. The smallest absolute Gasteiger partial charge is 0.196 e. The monoisotopic (exact) mass is 430 g/mol. The van der Waals surface area contributed by atoms with Gasteiger partial charge in [0, 0.05) is 19.8 Å². The number of carbonyl (C=O) groups excluding carboxylic acids is 1. The number of benzene rings is 2. The minimum Gasteiger partial charge on any atom is -0.328 e. The van der Waals surface area contributed by atoms with Gasteiger partial charge in [0.15, 0.2) is 10.9 Å². The van der Waals surface area contributed by atoms with Gasteiger partial charge in [-0.15, -0.1) is 10.2 Å². The topological polar surface area (TPSA) is 78.0 Å². The summed E-state index contributed by atoms with van der Waals surface area (Å²) < 4.78 is 1.92. The minimum absolute atomic E-state index is 0.0916. The Bertz CT molecular complexity index is 1210. The lowest BCUT2D eigenvalue weighted by Crippen LogP contribution is -2.26. The van der Waals surface area contributed by atoms with E-state index in [9.17, 15) is 10.1 Å². The van der Waals surface area contributed by atoms with Crippen LogP contribution in [-0.2, 0) is 4.79 Å². The molecule has 2 aromatic carbocycles. The average Bonchev–Trinajstić information content (AvgIpc) is 3.25. The third-order valence-corrected chi connectivity index (χ3v) is 6.17. The van der Waals surface area contributed by atoms with E-state index in [0.29, 0.717) is 11.0 Å². The molecule has 0 aliphatic carbocycles. The highest BCUT2D eigenvalue weighted by molar-refractivity contribution is 7.99. The fraction of sp³-hybridized carbons (Fsp3) is 0.217. The van der Waals surface area contributed by atoms with Gasteiger partial charge in [0.1, 0.15) is 23.3 Å². The molecule has 0 unspecified atom stereocenters. The molecule has 3 aromatic rings. The number of anilines is 2. The fourth-order valence-electron chi connectivity index (χ4n) is 3.76. The molecule has 0 radical (unpaired) electrons. The van der Waals surface area contributed by atoms with E-state index in [-0.39, 0.29) is 17.1 Å². The second kappa shape index (κ2) is 8.28. The summed E-state index contributed by atoms with van der Waals surface area (Å²) in [5, 5.41) is 18.9. The number of nitrogens with zero attached hydrogens (tertiary/aromatic N) is 6. The van der Waals surface area contributed by atoms with Gasteiger partial charge >= 0.3 is 0 Å². The molecule has 0 bridgehead atoms. The SMILES string of the molecule is Cc1cccc(-n2c(C)nnc2SCC(=O)C(C#N)=C2N(C)c3ccccc3N2C)c1. The first-order chi connectivity index (χ1) is 14.9. The summed E-state index contributed by atoms with van der Waals surface area (Å²) in [6.45, 7) is 3.90. The quantitative estimate of drug-likeness (QED) is 0.345. The zero-order valence-corrected chi connectivity index (χ0v) is 18.6. The van der Waals surface area contributed by atoms with Crippen molar-refractivity contribution in [2.24, 2.45) is 0 Å². The molecule has 7 nitrogen and oxygen atoms in total. The number of thioether (sulfide) groups is 1. The van der Waals surface area contributed by atoms with Crippen LogP contribution < -0.4 is 9.80 Å². The third kappa shape index (κ3) is 3.68. The maximum Gasteiger partial charge on any atom is 0.196 e. The first-order valence-corrected chi connectivity index (χ1v) is 10.8. The highest BCUT2D eigenvalue weighted by Gasteiger charge is 2.31. The molecule has 0 spiro atoms. The van der Waals surface area contributed by atoms with Crippen molar-refractivity contribution < 1.29 is 4.79 Å². The van der Waals surface area contributed by atoms with Crippen molar-refractivity contribution >= 4 is 28.9 Å². The maximum atomic E-state index is 13.1. The molecule has 0 saturated carbocycles. The summed E-state index contributed by atoms with van der Waals surface area (Å²) >= 11 is 1.28. The molecule has 8 heteroatoms. The lowest BCUT2D eigenvalue weighted by molar-refractivity contribution is -0.112. The molecule has 156 valence electrons. The van der Waals surface area contributed by atoms with E-state index < -0.39 is 0 Å². The van der Waals surface area contributed by atoms with Crippen molar-refractivity contribution in [2.45, 2.75) is 19.0 Å². The molecule has 0 amide bonds. The van der Waals surface area contributed by atoms with Crippen molar-refractivity contribution in [3.8, 4) is 11.8 Å². The van der Waals surface area contributed by atoms with Crippen LogP contribution in [0.4, 0.5) is 11.4 Å². The molecule has 0 saturated heterocycles. The van der Waals surface area contributed by atoms with Gasteiger partial charge in [-0.3, -0.25) is 9.36 Å². The van der Waals surface area contributed by atoms with E-state index in [1.165, 1.54) is 11.8 Å². The molecule has 0 fully saturated rings. The highest BCUT2D eigenvalue weighted by atomic mass is 32.2. The second-order valence-corrected chi connectivity index (χ2v) is 8.28. The predicted octanol–water partition coefficient (Wildman–Crippen LogP) is 3.87. The van der Waals surface area contributed by atoms with Gasteiger partial charge in [0.2, 0.25) is 0 Å². The predicted molar refractivity (Wildman–Crippen MR) is 122 cm³/mol. The van der Waals surface area contributed by atoms with Crippen LogP contribution in [0.2, 0.25) is 0 Å². The average molecular weight is 431 g/mol. The number of Topliss-reactive ketones (excluding diaryl/α,β-unsaturated/α-hetero) is 1. The number of carbonyl (C=O) groups is 1. The van der Waals surface area contributed by atoms with Crippen LogP contribution in [0.15, 0.2) is 65.1 Å². The summed E-state index contributed by atoms with van der Waals surface area (Å²) in [6.07, 6.45) is 0. The third-order valence-electron chi connectivity index (χ3n) is 5.24. The van der Waals surface area contributed by atoms with Gasteiger partial charge in [0.05, 0.1) is 17.1 Å². The molecule has 2 heterocycles. The van der Waals surface area contributed by atoms with Crippen LogP contribution in [0.3, 0.4) is 0 Å². The summed E-state index contributed by atoms with van der Waals surface area (Å²) in [4.78, 5) is 16.8. The summed E-state index contributed by atoms with van der Waals surface area (Å²) in [6, 6.07) is 18.0. The number of ketones is 1. The van der Waals surface area contributed by atoms with Crippen LogP contribution in [0.5, 0.6) is 0 Å². The van der Waals surface area contributed by atoms with Crippen molar-refractivity contribution in [2.75, 3.05) is 29.6 Å². The van der Waals surface area contributed by atoms with Gasteiger partial charge < -0.3 is 9.80 Å². The number of aromatic nitrogens is 3. The van der Waals surface area contributed by atoms with E-state index in [4.69, 9.17) is 0 Å². The van der Waals surface area contributed by atoms with Gasteiger partial charge in [-0.1, -0.05) is 36.0 Å². The van der Waals surface area contributed by atoms with Crippen LogP contribution >= 0.6 is 11.8 Å². The van der Waals surface area contributed by atoms with Crippen LogP contribution in [0.1, 0.15) is 11.4 Å². The molecule has 1 aliphatic heterocycles. The van der Waals surface area contributed by atoms with E-state index in [1.807, 2.05) is 90.8 Å². The number of aryl methyl sites for hydroxylation is 2. The number of rotatable bonds is 5. The van der Waals surface area contributed by atoms with Crippen molar-refractivity contribution in [1.82, 2.24) is 14.8 Å². The minimum atomic E-state index is -0.245. The standard InChI is InChI=1S/C23H22N6OS/c1-15-8-7-9-17(12-15)29-16(2)25-26-23(29)31-14-21(30)18(13-24)22-27(3)19-10-5-6-11-20(19)28(22)4/h5-12H,14H2,1-4H3. The fourth-order valence-corrected chi connectivity index (χ4v) is 4.63. The Morgan fingerprint density at radius 2 is 1.71 bits per heavy atom. The maximum absolute atomic E-state index is 13.1. The lowest BCUT2D eigenvalue weighted by atomic mass is 10.2. The molecular weight excluding hydrogens is 408 g/mol. The van der Waals surface area contributed by atoms with E-state index in [1.54, 1.807) is 0 Å². The Balaban J connectivity index is 1.60. The first kappa shape index (κ1) is 20.7. The van der Waals surface area contributed by atoms with Crippen molar-refractivity contribution in [1.29, 1.82) is 5.26 Å². The number of nitriles is 1. The summed E-state index contributed by atoms with van der Waals surface area (Å²) in [7, 11) is 3.74. The highest BCUT2D eigenvalue weighted by Crippen LogP contribution is 2.40. The van der Waals surface area contributed by atoms with Crippen LogP contribution in [-0.4, -0.2) is 40.4 Å². The number of hydrogen-bond acceptors (Lipinski definition) is 7.